The van der Waals surface area contributed by atoms with Gasteiger partial charge in [0.1, 0.15) is 17.6 Å². The minimum atomic E-state index is -0.532. The van der Waals surface area contributed by atoms with Gasteiger partial charge >= 0.3 is 0 Å². The molecule has 0 radical (unpaired) electrons. The van der Waals surface area contributed by atoms with Crippen LogP contribution in [0.3, 0.4) is 0 Å². The van der Waals surface area contributed by atoms with E-state index in [0.717, 1.165) is 54.5 Å². The van der Waals surface area contributed by atoms with Crippen LogP contribution in [0, 0.1) is 17.1 Å². The molecule has 1 fully saturated rings. The SMILES string of the molecule is CCN1CCC(n2cc([C@@H](Nc3cc(Cl)c4ncc(C#N)c(Nc5ccc(F)c(Cl)c5)c4c3)c3ccc4ccccc4c3)nn2)CC1.S. The molecule has 0 bridgehead atoms. The Morgan fingerprint density at radius 3 is 2.50 bits per heavy atom. The van der Waals surface area contributed by atoms with Crippen molar-refractivity contribution in [3.05, 3.63) is 118 Å². The fourth-order valence-corrected chi connectivity index (χ4v) is 6.71. The van der Waals surface area contributed by atoms with Crippen LogP contribution in [0.2, 0.25) is 10.0 Å². The summed E-state index contributed by atoms with van der Waals surface area (Å²) in [6.45, 7) is 5.33. The van der Waals surface area contributed by atoms with E-state index in [4.69, 9.17) is 23.2 Å². The number of nitrogens with one attached hydrogen (secondary N) is 2. The Kier molecular flexibility index (Phi) is 10.0. The average molecular weight is 700 g/mol. The molecule has 6 aromatic rings. The molecule has 12 heteroatoms. The maximum Gasteiger partial charge on any atom is 0.141 e. The molecule has 0 aliphatic carbocycles. The third-order valence-corrected chi connectivity index (χ3v) is 9.43. The van der Waals surface area contributed by atoms with Crippen molar-refractivity contribution in [1.82, 2.24) is 24.9 Å². The van der Waals surface area contributed by atoms with Crippen molar-refractivity contribution < 1.29 is 4.39 Å². The first-order valence-electron chi connectivity index (χ1n) is 15.5. The van der Waals surface area contributed by atoms with Crippen LogP contribution in [0.1, 0.15) is 48.7 Å². The standard InChI is InChI=1S/C36H31Cl2FN8.H2S/c1-2-46-13-11-28(12-14-46)47-21-33(44-45-47)35(24-8-7-22-5-3-4-6-23(22)15-24)43-27-16-29-34(42-26-9-10-32(39)30(37)17-26)25(19-40)20-41-36(29)31(38)18-27;/h3-10,15-18,20-21,28,35,43H,2,11-14H2,1H3,(H,41,42);1H2/t35-;/m0./s1. The van der Waals surface area contributed by atoms with Crippen LogP contribution in [0.5, 0.6) is 0 Å². The van der Waals surface area contributed by atoms with Crippen molar-refractivity contribution in [3.63, 3.8) is 0 Å². The molecule has 3 heterocycles. The van der Waals surface area contributed by atoms with Gasteiger partial charge in [0.25, 0.3) is 0 Å². The van der Waals surface area contributed by atoms with Gasteiger partial charge in [-0.25, -0.2) is 9.07 Å². The number of rotatable bonds is 8. The van der Waals surface area contributed by atoms with E-state index < -0.39 is 5.82 Å². The monoisotopic (exact) mass is 698 g/mol. The first-order chi connectivity index (χ1) is 22.9. The number of piperidine rings is 1. The Labute approximate surface area is 294 Å². The molecule has 4 aromatic carbocycles. The van der Waals surface area contributed by atoms with Crippen molar-refractivity contribution in [3.8, 4) is 6.07 Å². The van der Waals surface area contributed by atoms with Crippen molar-refractivity contribution in [2.75, 3.05) is 30.3 Å². The number of aromatic nitrogens is 4. The van der Waals surface area contributed by atoms with E-state index in [1.165, 1.54) is 18.3 Å². The summed E-state index contributed by atoms with van der Waals surface area (Å²) in [5.74, 6) is -0.532. The third-order valence-electron chi connectivity index (χ3n) is 8.85. The van der Waals surface area contributed by atoms with Gasteiger partial charge in [0, 0.05) is 36.0 Å². The number of nitrogens with zero attached hydrogens (tertiary/aromatic N) is 6. The lowest BCUT2D eigenvalue weighted by Crippen LogP contribution is -2.34. The van der Waals surface area contributed by atoms with Crippen molar-refractivity contribution in [2.45, 2.75) is 31.8 Å². The summed E-state index contributed by atoms with van der Waals surface area (Å²) >= 11 is 12.9. The minimum Gasteiger partial charge on any atom is -0.373 e. The van der Waals surface area contributed by atoms with Crippen LogP contribution in [0.4, 0.5) is 21.5 Å². The summed E-state index contributed by atoms with van der Waals surface area (Å²) in [4.78, 5) is 6.94. The second-order valence-electron chi connectivity index (χ2n) is 11.7. The van der Waals surface area contributed by atoms with Gasteiger partial charge < -0.3 is 15.5 Å². The normalized spacial score (nSPS) is 14.4. The molecule has 7 rings (SSSR count). The molecule has 1 saturated heterocycles. The Balaban J connectivity index is 0.00000401. The zero-order valence-corrected chi connectivity index (χ0v) is 28.6. The fraction of sp³-hybridized carbons (Fsp3) is 0.222. The van der Waals surface area contributed by atoms with Gasteiger partial charge in [-0.1, -0.05) is 71.7 Å². The fourth-order valence-electron chi connectivity index (χ4n) is 6.26. The highest BCUT2D eigenvalue weighted by Gasteiger charge is 2.25. The maximum absolute atomic E-state index is 13.9. The van der Waals surface area contributed by atoms with Gasteiger partial charge in [0.15, 0.2) is 0 Å². The molecular weight excluding hydrogens is 666 g/mol. The largest absolute Gasteiger partial charge is 0.373 e. The molecule has 8 nitrogen and oxygen atoms in total. The summed E-state index contributed by atoms with van der Waals surface area (Å²) in [6, 6.07) is 24.8. The summed E-state index contributed by atoms with van der Waals surface area (Å²) in [7, 11) is 0. The van der Waals surface area contributed by atoms with E-state index >= 15 is 0 Å². The zero-order chi connectivity index (χ0) is 32.5. The van der Waals surface area contributed by atoms with E-state index in [2.05, 4.69) is 74.2 Å². The van der Waals surface area contributed by atoms with Gasteiger partial charge in [0.2, 0.25) is 0 Å². The lowest BCUT2D eigenvalue weighted by atomic mass is 9.99. The van der Waals surface area contributed by atoms with Gasteiger partial charge in [-0.15, -0.1) is 5.10 Å². The number of halogens is 3. The average Bonchev–Trinajstić information content (AvgIpc) is 3.59. The number of anilines is 3. The number of hydrogen-bond donors (Lipinski definition) is 2. The zero-order valence-electron chi connectivity index (χ0n) is 26.1. The van der Waals surface area contributed by atoms with Gasteiger partial charge in [-0.3, -0.25) is 4.98 Å². The van der Waals surface area contributed by atoms with Crippen LogP contribution in [0.15, 0.2) is 85.2 Å². The molecule has 2 N–H and O–H groups in total. The number of pyridine rings is 1. The maximum atomic E-state index is 13.9. The number of benzene rings is 4. The molecular formula is C36H33Cl2FN8S. The van der Waals surface area contributed by atoms with Gasteiger partial charge in [0.05, 0.1) is 45.1 Å². The summed E-state index contributed by atoms with van der Waals surface area (Å²) in [5, 5.41) is 29.4. The van der Waals surface area contributed by atoms with Crippen molar-refractivity contribution >= 4 is 75.4 Å². The highest BCUT2D eigenvalue weighted by molar-refractivity contribution is 7.59. The molecule has 244 valence electrons. The van der Waals surface area contributed by atoms with E-state index in [9.17, 15) is 9.65 Å². The lowest BCUT2D eigenvalue weighted by Gasteiger charge is -2.30. The number of fused-ring (bicyclic) bond motifs is 2. The summed E-state index contributed by atoms with van der Waals surface area (Å²) in [5.41, 5.74) is 4.30. The Hall–Kier alpha value is -4.40. The first-order valence-corrected chi connectivity index (χ1v) is 16.3. The number of likely N-dealkylation sites (tertiary alicyclic amines) is 1. The Bertz CT molecular complexity index is 2140. The lowest BCUT2D eigenvalue weighted by molar-refractivity contribution is 0.186. The highest BCUT2D eigenvalue weighted by Crippen LogP contribution is 2.37. The minimum absolute atomic E-state index is 0. The van der Waals surface area contributed by atoms with Crippen molar-refractivity contribution in [2.24, 2.45) is 0 Å². The Morgan fingerprint density at radius 2 is 1.75 bits per heavy atom. The molecule has 0 amide bonds. The van der Waals surface area contributed by atoms with Gasteiger partial charge in [-0.05, 0) is 72.1 Å². The second-order valence-corrected chi connectivity index (χ2v) is 12.6. The molecule has 0 saturated carbocycles. The number of hydrogen-bond acceptors (Lipinski definition) is 7. The van der Waals surface area contributed by atoms with Crippen LogP contribution < -0.4 is 10.6 Å². The highest BCUT2D eigenvalue weighted by atomic mass is 35.5. The van der Waals surface area contributed by atoms with E-state index in [0.29, 0.717) is 38.6 Å². The first kappa shape index (κ1) is 33.5. The van der Waals surface area contributed by atoms with Crippen molar-refractivity contribution in [1.29, 1.82) is 5.26 Å². The smallest absolute Gasteiger partial charge is 0.141 e. The quantitative estimate of drug-likeness (QED) is 0.164. The molecule has 48 heavy (non-hydrogen) atoms. The summed E-state index contributed by atoms with van der Waals surface area (Å²) < 4.78 is 15.9. The van der Waals surface area contributed by atoms with Crippen LogP contribution >= 0.6 is 36.7 Å². The predicted molar refractivity (Wildman–Crippen MR) is 196 cm³/mol. The number of nitriles is 1. The van der Waals surface area contributed by atoms with Crippen LogP contribution in [-0.2, 0) is 0 Å². The molecule has 1 atom stereocenters. The molecule has 0 spiro atoms. The van der Waals surface area contributed by atoms with E-state index in [-0.39, 0.29) is 30.6 Å². The molecule has 0 unspecified atom stereocenters. The van der Waals surface area contributed by atoms with E-state index in [1.54, 1.807) is 6.07 Å². The molecule has 1 aliphatic rings. The van der Waals surface area contributed by atoms with Gasteiger partial charge in [-0.2, -0.15) is 18.8 Å². The van der Waals surface area contributed by atoms with Crippen LogP contribution in [0.25, 0.3) is 21.7 Å². The van der Waals surface area contributed by atoms with E-state index in [1.807, 2.05) is 35.1 Å². The van der Waals surface area contributed by atoms with Crippen LogP contribution in [-0.4, -0.2) is 44.5 Å². The summed E-state index contributed by atoms with van der Waals surface area (Å²) in [6.07, 6.45) is 5.56. The third kappa shape index (κ3) is 6.78. The topological polar surface area (TPSA) is 94.7 Å². The molecule has 1 aliphatic heterocycles. The Morgan fingerprint density at radius 1 is 0.979 bits per heavy atom. The second kappa shape index (κ2) is 14.4. The molecule has 2 aromatic heterocycles. The predicted octanol–water partition coefficient (Wildman–Crippen LogP) is 9.01.